The van der Waals surface area contributed by atoms with Gasteiger partial charge in [0.15, 0.2) is 0 Å². The number of halogens is 4. The van der Waals surface area contributed by atoms with Crippen LogP contribution in [0.25, 0.3) is 0 Å². The summed E-state index contributed by atoms with van der Waals surface area (Å²) < 4.78 is 43.4. The van der Waals surface area contributed by atoms with E-state index in [1.165, 1.54) is 6.07 Å². The number of hydrogen-bond acceptors (Lipinski definition) is 2. The molecule has 1 aromatic carbocycles. The zero-order valence-corrected chi connectivity index (χ0v) is 11.0. The monoisotopic (exact) mass is 293 g/mol. The highest BCUT2D eigenvalue weighted by Crippen LogP contribution is 2.36. The fourth-order valence-corrected chi connectivity index (χ4v) is 2.33. The Morgan fingerprint density at radius 3 is 2.79 bits per heavy atom. The van der Waals surface area contributed by atoms with Gasteiger partial charge in [0.05, 0.1) is 16.7 Å². The van der Waals surface area contributed by atoms with Gasteiger partial charge in [0.1, 0.15) is 0 Å². The molecular weight excluding hydrogens is 279 g/mol. The minimum Gasteiger partial charge on any atom is -0.385 e. The molecule has 1 fully saturated rings. The standard InChI is InChI=1S/C13H15ClF3NO/c14-12-4-3-9(8-11(12)13(15,16)17)18-6-5-10-2-1-7-19-10/h3-4,8,10,18H,1-2,5-7H2. The van der Waals surface area contributed by atoms with Crippen molar-refractivity contribution in [2.24, 2.45) is 0 Å². The van der Waals surface area contributed by atoms with E-state index in [4.69, 9.17) is 16.3 Å². The van der Waals surface area contributed by atoms with Crippen LogP contribution in [-0.4, -0.2) is 19.3 Å². The van der Waals surface area contributed by atoms with Crippen molar-refractivity contribution in [1.82, 2.24) is 0 Å². The predicted octanol–water partition coefficient (Wildman–Crippen LogP) is 4.34. The molecule has 0 aliphatic carbocycles. The third kappa shape index (κ3) is 4.01. The fraction of sp³-hybridized carbons (Fsp3) is 0.538. The summed E-state index contributed by atoms with van der Waals surface area (Å²) in [5.41, 5.74) is -0.383. The van der Waals surface area contributed by atoms with Crippen LogP contribution in [0.15, 0.2) is 18.2 Å². The van der Waals surface area contributed by atoms with E-state index in [1.54, 1.807) is 6.07 Å². The number of hydrogen-bond donors (Lipinski definition) is 1. The molecule has 6 heteroatoms. The highest BCUT2D eigenvalue weighted by molar-refractivity contribution is 6.31. The molecule has 106 valence electrons. The van der Waals surface area contributed by atoms with Crippen LogP contribution in [0.3, 0.4) is 0 Å². The third-order valence-electron chi connectivity index (χ3n) is 3.09. The van der Waals surface area contributed by atoms with E-state index in [0.29, 0.717) is 12.2 Å². The molecule has 0 spiro atoms. The van der Waals surface area contributed by atoms with Crippen LogP contribution in [0.5, 0.6) is 0 Å². The van der Waals surface area contributed by atoms with Gasteiger partial charge in [-0.3, -0.25) is 0 Å². The molecular formula is C13H15ClF3NO. The second-order valence-corrected chi connectivity index (χ2v) is 4.95. The Labute approximate surface area is 114 Å². The zero-order valence-electron chi connectivity index (χ0n) is 10.3. The molecule has 0 saturated carbocycles. The highest BCUT2D eigenvalue weighted by atomic mass is 35.5. The maximum Gasteiger partial charge on any atom is 0.417 e. The van der Waals surface area contributed by atoms with Crippen LogP contribution in [-0.2, 0) is 10.9 Å². The maximum atomic E-state index is 12.7. The van der Waals surface area contributed by atoms with Crippen molar-refractivity contribution in [1.29, 1.82) is 0 Å². The first kappa shape index (κ1) is 14.5. The second-order valence-electron chi connectivity index (χ2n) is 4.54. The summed E-state index contributed by atoms with van der Waals surface area (Å²) in [5, 5.41) is 2.69. The predicted molar refractivity (Wildman–Crippen MR) is 68.5 cm³/mol. The molecule has 0 bridgehead atoms. The van der Waals surface area contributed by atoms with Crippen molar-refractivity contribution in [3.05, 3.63) is 28.8 Å². The summed E-state index contributed by atoms with van der Waals surface area (Å²) in [5.74, 6) is 0. The summed E-state index contributed by atoms with van der Waals surface area (Å²) in [6, 6.07) is 3.85. The molecule has 1 aliphatic rings. The second kappa shape index (κ2) is 6.01. The Balaban J connectivity index is 1.93. The van der Waals surface area contributed by atoms with Crippen molar-refractivity contribution >= 4 is 17.3 Å². The van der Waals surface area contributed by atoms with Gasteiger partial charge in [-0.2, -0.15) is 13.2 Å². The average Bonchev–Trinajstić information content (AvgIpc) is 2.83. The SMILES string of the molecule is FC(F)(F)c1cc(NCCC2CCCO2)ccc1Cl. The van der Waals surface area contributed by atoms with Gasteiger partial charge in [0, 0.05) is 18.8 Å². The molecule has 2 rings (SSSR count). The quantitative estimate of drug-likeness (QED) is 0.891. The number of benzene rings is 1. The lowest BCUT2D eigenvalue weighted by atomic mass is 10.1. The van der Waals surface area contributed by atoms with Crippen molar-refractivity contribution in [2.75, 3.05) is 18.5 Å². The van der Waals surface area contributed by atoms with Crippen LogP contribution in [0.4, 0.5) is 18.9 Å². The number of ether oxygens (including phenoxy) is 1. The lowest BCUT2D eigenvalue weighted by molar-refractivity contribution is -0.137. The van der Waals surface area contributed by atoms with Crippen LogP contribution < -0.4 is 5.32 Å². The Morgan fingerprint density at radius 1 is 1.37 bits per heavy atom. The summed E-state index contributed by atoms with van der Waals surface area (Å²) in [4.78, 5) is 0. The minimum absolute atomic E-state index is 0.224. The van der Waals surface area contributed by atoms with Crippen LogP contribution in [0, 0.1) is 0 Å². The van der Waals surface area contributed by atoms with Gasteiger partial charge in [-0.15, -0.1) is 0 Å². The first-order chi connectivity index (χ1) is 8.97. The summed E-state index contributed by atoms with van der Waals surface area (Å²) in [6.07, 6.45) is -1.32. The lowest BCUT2D eigenvalue weighted by Crippen LogP contribution is -2.13. The van der Waals surface area contributed by atoms with E-state index in [1.807, 2.05) is 0 Å². The molecule has 1 heterocycles. The molecule has 0 aromatic heterocycles. The van der Waals surface area contributed by atoms with E-state index >= 15 is 0 Å². The van der Waals surface area contributed by atoms with E-state index in [0.717, 1.165) is 31.9 Å². The number of alkyl halides is 3. The molecule has 0 amide bonds. The zero-order chi connectivity index (χ0) is 13.9. The Bertz CT molecular complexity index is 430. The smallest absolute Gasteiger partial charge is 0.385 e. The maximum absolute atomic E-state index is 12.7. The Morgan fingerprint density at radius 2 is 2.16 bits per heavy atom. The van der Waals surface area contributed by atoms with Gasteiger partial charge >= 0.3 is 6.18 Å². The van der Waals surface area contributed by atoms with E-state index < -0.39 is 11.7 Å². The Kier molecular flexibility index (Phi) is 4.58. The molecule has 0 radical (unpaired) electrons. The average molecular weight is 294 g/mol. The van der Waals surface area contributed by atoms with Crippen molar-refractivity contribution in [3.8, 4) is 0 Å². The fourth-order valence-electron chi connectivity index (χ4n) is 2.10. The van der Waals surface area contributed by atoms with Crippen molar-refractivity contribution in [3.63, 3.8) is 0 Å². The number of anilines is 1. The summed E-state index contributed by atoms with van der Waals surface area (Å²) in [6.45, 7) is 1.37. The first-order valence-corrected chi connectivity index (χ1v) is 6.57. The normalized spacial score (nSPS) is 19.7. The van der Waals surface area contributed by atoms with Gasteiger partial charge in [0.2, 0.25) is 0 Å². The van der Waals surface area contributed by atoms with E-state index in [9.17, 15) is 13.2 Å². The third-order valence-corrected chi connectivity index (χ3v) is 3.42. The molecule has 1 saturated heterocycles. The topological polar surface area (TPSA) is 21.3 Å². The molecule has 2 nitrogen and oxygen atoms in total. The first-order valence-electron chi connectivity index (χ1n) is 6.19. The summed E-state index contributed by atoms with van der Waals surface area (Å²) in [7, 11) is 0. The van der Waals surface area contributed by atoms with Crippen molar-refractivity contribution < 1.29 is 17.9 Å². The van der Waals surface area contributed by atoms with Gasteiger partial charge in [-0.25, -0.2) is 0 Å². The molecule has 1 unspecified atom stereocenters. The Hall–Kier alpha value is -0.940. The van der Waals surface area contributed by atoms with E-state index in [2.05, 4.69) is 5.32 Å². The van der Waals surface area contributed by atoms with Gasteiger partial charge < -0.3 is 10.1 Å². The van der Waals surface area contributed by atoms with Crippen molar-refractivity contribution in [2.45, 2.75) is 31.5 Å². The largest absolute Gasteiger partial charge is 0.417 e. The highest BCUT2D eigenvalue weighted by Gasteiger charge is 2.33. The lowest BCUT2D eigenvalue weighted by Gasteiger charge is -2.14. The molecule has 1 N–H and O–H groups in total. The van der Waals surface area contributed by atoms with Gasteiger partial charge in [-0.05, 0) is 37.5 Å². The molecule has 1 aliphatic heterocycles. The van der Waals surface area contributed by atoms with Crippen LogP contribution >= 0.6 is 11.6 Å². The molecule has 19 heavy (non-hydrogen) atoms. The van der Waals surface area contributed by atoms with Crippen LogP contribution in [0.1, 0.15) is 24.8 Å². The number of nitrogens with one attached hydrogen (secondary N) is 1. The van der Waals surface area contributed by atoms with E-state index in [-0.39, 0.29) is 11.1 Å². The van der Waals surface area contributed by atoms with Crippen LogP contribution in [0.2, 0.25) is 5.02 Å². The molecule has 1 atom stereocenters. The van der Waals surface area contributed by atoms with Gasteiger partial charge in [-0.1, -0.05) is 11.6 Å². The number of rotatable bonds is 4. The molecule has 1 aromatic rings. The minimum atomic E-state index is -4.43. The summed E-state index contributed by atoms with van der Waals surface area (Å²) >= 11 is 5.55. The van der Waals surface area contributed by atoms with Gasteiger partial charge in [0.25, 0.3) is 0 Å².